The number of aromatic nitrogens is 1. The fourth-order valence-corrected chi connectivity index (χ4v) is 9.04. The molecule has 9 aromatic rings. The first kappa shape index (κ1) is 28.4. The molecule has 1 heterocycles. The van der Waals surface area contributed by atoms with Crippen LogP contribution in [0.5, 0.6) is 0 Å². The lowest BCUT2D eigenvalue weighted by atomic mass is 9.84. The van der Waals surface area contributed by atoms with Crippen molar-refractivity contribution < 1.29 is 0 Å². The molecule has 0 spiro atoms. The zero-order valence-corrected chi connectivity index (χ0v) is 28.1. The molecule has 0 bridgehead atoms. The van der Waals surface area contributed by atoms with Gasteiger partial charge in [-0.25, -0.2) is 0 Å². The first-order valence-electron chi connectivity index (χ1n) is 17.9. The second-order valence-corrected chi connectivity index (χ2v) is 14.0. The third-order valence-electron chi connectivity index (χ3n) is 11.4. The lowest BCUT2D eigenvalue weighted by Crippen LogP contribution is -2.03. The lowest BCUT2D eigenvalue weighted by molar-refractivity contribution is 0.987. The zero-order valence-electron chi connectivity index (χ0n) is 28.1. The first-order chi connectivity index (χ1) is 25.3. The van der Waals surface area contributed by atoms with Crippen LogP contribution < -0.4 is 0 Å². The Kier molecular flexibility index (Phi) is 6.15. The van der Waals surface area contributed by atoms with Crippen LogP contribution in [0, 0.1) is 0 Å². The smallest absolute Gasteiger partial charge is 0.0547 e. The summed E-state index contributed by atoms with van der Waals surface area (Å²) in [7, 11) is 0. The van der Waals surface area contributed by atoms with Crippen molar-refractivity contribution in [2.75, 3.05) is 0 Å². The molecular formula is C50H33N. The fourth-order valence-electron chi connectivity index (χ4n) is 9.04. The Bertz CT molecular complexity index is 2820. The van der Waals surface area contributed by atoms with Crippen LogP contribution >= 0.6 is 0 Å². The molecule has 0 N–H and O–H groups in total. The van der Waals surface area contributed by atoms with Crippen molar-refractivity contribution in [3.05, 3.63) is 210 Å². The molecule has 2 aliphatic carbocycles. The molecule has 1 heteroatoms. The van der Waals surface area contributed by atoms with E-state index in [9.17, 15) is 0 Å². The van der Waals surface area contributed by atoms with Gasteiger partial charge in [-0.1, -0.05) is 152 Å². The average molecular weight is 648 g/mol. The third-order valence-corrected chi connectivity index (χ3v) is 11.4. The summed E-state index contributed by atoms with van der Waals surface area (Å²) < 4.78 is 2.43. The maximum atomic E-state index is 2.48. The number of rotatable bonds is 4. The van der Waals surface area contributed by atoms with Gasteiger partial charge in [0.1, 0.15) is 0 Å². The van der Waals surface area contributed by atoms with Crippen molar-refractivity contribution in [3.63, 3.8) is 0 Å². The van der Waals surface area contributed by atoms with Crippen LogP contribution in [-0.2, 0) is 6.42 Å². The molecule has 1 aromatic heterocycles. The number of hydrogen-bond donors (Lipinski definition) is 0. The summed E-state index contributed by atoms with van der Waals surface area (Å²) in [5.41, 5.74) is 21.2. The molecule has 0 amide bonds. The highest BCUT2D eigenvalue weighted by Gasteiger charge is 2.33. The predicted molar refractivity (Wildman–Crippen MR) is 213 cm³/mol. The monoisotopic (exact) mass is 647 g/mol. The molecule has 8 aromatic carbocycles. The van der Waals surface area contributed by atoms with E-state index in [1.165, 1.54) is 99.8 Å². The van der Waals surface area contributed by atoms with Gasteiger partial charge in [0.05, 0.1) is 11.0 Å². The quantitative estimate of drug-likeness (QED) is 0.179. The van der Waals surface area contributed by atoms with Crippen LogP contribution in [0.4, 0.5) is 0 Å². The molecule has 1 unspecified atom stereocenters. The van der Waals surface area contributed by atoms with Gasteiger partial charge >= 0.3 is 0 Å². The largest absolute Gasteiger partial charge is 0.309 e. The number of para-hydroxylation sites is 1. The average Bonchev–Trinajstić information content (AvgIpc) is 3.85. The lowest BCUT2D eigenvalue weighted by Gasteiger charge is -2.19. The van der Waals surface area contributed by atoms with E-state index in [1.807, 2.05) is 0 Å². The summed E-state index contributed by atoms with van der Waals surface area (Å²) in [6, 6.07) is 67.5. The van der Waals surface area contributed by atoms with Crippen molar-refractivity contribution in [2.24, 2.45) is 0 Å². The van der Waals surface area contributed by atoms with Crippen molar-refractivity contribution in [2.45, 2.75) is 12.3 Å². The van der Waals surface area contributed by atoms with E-state index in [1.54, 1.807) is 0 Å². The molecule has 0 radical (unpaired) electrons. The van der Waals surface area contributed by atoms with Gasteiger partial charge in [-0.3, -0.25) is 0 Å². The van der Waals surface area contributed by atoms with Gasteiger partial charge in [0.2, 0.25) is 0 Å². The minimum atomic E-state index is 0.193. The van der Waals surface area contributed by atoms with Crippen LogP contribution in [0.3, 0.4) is 0 Å². The van der Waals surface area contributed by atoms with Gasteiger partial charge < -0.3 is 4.57 Å². The normalized spacial score (nSPS) is 14.0. The van der Waals surface area contributed by atoms with Crippen LogP contribution in [0.2, 0.25) is 0 Å². The van der Waals surface area contributed by atoms with Crippen molar-refractivity contribution in [1.29, 1.82) is 0 Å². The summed E-state index contributed by atoms with van der Waals surface area (Å²) in [4.78, 5) is 0. The Hall–Kier alpha value is -6.44. The second kappa shape index (κ2) is 11.0. The maximum absolute atomic E-state index is 2.48. The summed E-state index contributed by atoms with van der Waals surface area (Å²) in [6.07, 6.45) is 0.989. The van der Waals surface area contributed by atoms with E-state index in [0.29, 0.717) is 0 Å². The molecule has 0 fully saturated rings. The Labute approximate surface area is 297 Å². The van der Waals surface area contributed by atoms with E-state index >= 15 is 0 Å². The Morgan fingerprint density at radius 2 is 1.00 bits per heavy atom. The zero-order chi connectivity index (χ0) is 33.5. The van der Waals surface area contributed by atoms with Crippen molar-refractivity contribution in [3.8, 4) is 50.2 Å². The molecule has 1 nitrogen and oxygen atoms in total. The van der Waals surface area contributed by atoms with Gasteiger partial charge in [-0.15, -0.1) is 0 Å². The topological polar surface area (TPSA) is 4.93 Å². The summed E-state index contributed by atoms with van der Waals surface area (Å²) in [5, 5.41) is 2.54. The Balaban J connectivity index is 1.06. The maximum Gasteiger partial charge on any atom is 0.0547 e. The molecule has 1 atom stereocenters. The Morgan fingerprint density at radius 3 is 1.90 bits per heavy atom. The first-order valence-corrected chi connectivity index (χ1v) is 17.9. The van der Waals surface area contributed by atoms with E-state index in [-0.39, 0.29) is 5.92 Å². The summed E-state index contributed by atoms with van der Waals surface area (Å²) in [6.45, 7) is 0. The third kappa shape index (κ3) is 4.28. The van der Waals surface area contributed by atoms with Crippen molar-refractivity contribution >= 4 is 21.8 Å². The van der Waals surface area contributed by atoms with E-state index in [2.05, 4.69) is 187 Å². The minimum absolute atomic E-state index is 0.193. The molecule has 0 aliphatic heterocycles. The van der Waals surface area contributed by atoms with E-state index < -0.39 is 0 Å². The van der Waals surface area contributed by atoms with Gasteiger partial charge in [-0.2, -0.15) is 0 Å². The number of benzene rings is 8. The standard InChI is InChI=1S/C50H33N/c1-2-11-32(12-3-1)33-21-25-37(26-22-33)51-48-20-9-8-16-42(48)43-28-24-35(31-49(43)51)34-23-27-41-40-15-6-7-17-44(40)50(47(41)29-34)45-19-10-18-39-38-14-5-4-13-36(38)30-46(39)45/h1-29,31,50H,30H2. The molecule has 238 valence electrons. The molecule has 0 saturated heterocycles. The second-order valence-electron chi connectivity index (χ2n) is 14.0. The van der Waals surface area contributed by atoms with E-state index in [0.717, 1.165) is 6.42 Å². The molecule has 11 rings (SSSR count). The highest BCUT2D eigenvalue weighted by molar-refractivity contribution is 6.10. The number of nitrogens with zero attached hydrogens (tertiary/aromatic N) is 1. The number of fused-ring (bicyclic) bond motifs is 9. The van der Waals surface area contributed by atoms with Crippen molar-refractivity contribution in [1.82, 2.24) is 4.57 Å². The van der Waals surface area contributed by atoms with E-state index in [4.69, 9.17) is 0 Å². The van der Waals surface area contributed by atoms with Crippen LogP contribution in [0.15, 0.2) is 182 Å². The molecular weight excluding hydrogens is 615 g/mol. The molecule has 51 heavy (non-hydrogen) atoms. The van der Waals surface area contributed by atoms with Crippen LogP contribution in [0.25, 0.3) is 72.0 Å². The Morgan fingerprint density at radius 1 is 0.373 bits per heavy atom. The van der Waals surface area contributed by atoms with Crippen LogP contribution in [-0.4, -0.2) is 4.57 Å². The van der Waals surface area contributed by atoms with Gasteiger partial charge in [0, 0.05) is 22.4 Å². The van der Waals surface area contributed by atoms with Gasteiger partial charge in [-0.05, 0) is 109 Å². The van der Waals surface area contributed by atoms with Gasteiger partial charge in [0.25, 0.3) is 0 Å². The predicted octanol–water partition coefficient (Wildman–Crippen LogP) is 12.8. The fraction of sp³-hybridized carbons (Fsp3) is 0.0400. The number of hydrogen-bond acceptors (Lipinski definition) is 0. The summed E-state index contributed by atoms with van der Waals surface area (Å²) in [5.74, 6) is 0.193. The summed E-state index contributed by atoms with van der Waals surface area (Å²) >= 11 is 0. The minimum Gasteiger partial charge on any atom is -0.309 e. The highest BCUT2D eigenvalue weighted by Crippen LogP contribution is 2.52. The molecule has 0 saturated carbocycles. The SMILES string of the molecule is c1ccc(-c2ccc(-n3c4ccccc4c4ccc(-c5ccc6c(c5)C(c5cccc7c5Cc5ccccc5-7)c5ccccc5-6)cc43)cc2)cc1. The van der Waals surface area contributed by atoms with Gasteiger partial charge in [0.15, 0.2) is 0 Å². The van der Waals surface area contributed by atoms with Crippen LogP contribution in [0.1, 0.15) is 33.7 Å². The highest BCUT2D eigenvalue weighted by atomic mass is 15.0. The molecule has 2 aliphatic rings.